The van der Waals surface area contributed by atoms with Crippen LogP contribution in [-0.2, 0) is 27.9 Å². The summed E-state index contributed by atoms with van der Waals surface area (Å²) in [7, 11) is 1.34. The number of rotatable bonds is 35. The number of carbonyl (C=O) groups is 1. The molecule has 8 nitrogen and oxygen atoms in total. The zero-order chi connectivity index (χ0) is 37.0. The third kappa shape index (κ3) is 37.5. The van der Waals surface area contributed by atoms with Crippen LogP contribution in [0.1, 0.15) is 136 Å². The number of allylic oxidation sites excluding steroid dienone is 10. The number of esters is 1. The van der Waals surface area contributed by atoms with Crippen molar-refractivity contribution in [2.75, 3.05) is 54.1 Å². The normalized spacial score (nSPS) is 14.6. The number of hydrogen-bond donors (Lipinski definition) is 0. The van der Waals surface area contributed by atoms with Crippen molar-refractivity contribution in [2.45, 2.75) is 142 Å². The predicted octanol–water partition coefficient (Wildman–Crippen LogP) is 10.4. The molecule has 0 heterocycles. The lowest BCUT2D eigenvalue weighted by atomic mass is 10.1. The monoisotopic (exact) mass is 724 g/mol. The van der Waals surface area contributed by atoms with E-state index in [1.165, 1.54) is 57.8 Å². The summed E-state index contributed by atoms with van der Waals surface area (Å²) >= 11 is 0. The minimum absolute atomic E-state index is 0.0220. The Morgan fingerprint density at radius 3 is 1.66 bits per heavy atom. The lowest BCUT2D eigenvalue weighted by Gasteiger charge is -2.28. The molecular formula is C41H74NO7P. The van der Waals surface area contributed by atoms with Gasteiger partial charge >= 0.3 is 5.97 Å². The second-order valence-corrected chi connectivity index (χ2v) is 15.3. The van der Waals surface area contributed by atoms with E-state index in [0.717, 1.165) is 51.4 Å². The van der Waals surface area contributed by atoms with Crippen molar-refractivity contribution in [1.29, 1.82) is 0 Å². The molecule has 2 atom stereocenters. The fraction of sp³-hybridized carbons (Fsp3) is 0.732. The molecule has 0 spiro atoms. The molecule has 0 aromatic rings. The molecule has 0 rings (SSSR count). The number of phosphoric acid groups is 1. The Kier molecular flexibility index (Phi) is 33.1. The van der Waals surface area contributed by atoms with Crippen LogP contribution in [-0.4, -0.2) is 70.7 Å². The van der Waals surface area contributed by atoms with Gasteiger partial charge in [-0.3, -0.25) is 9.36 Å². The quantitative estimate of drug-likeness (QED) is 0.0211. The molecule has 0 amide bonds. The first-order valence-electron chi connectivity index (χ1n) is 19.5. The van der Waals surface area contributed by atoms with Crippen LogP contribution in [0, 0.1) is 0 Å². The molecule has 0 bridgehead atoms. The molecule has 50 heavy (non-hydrogen) atoms. The van der Waals surface area contributed by atoms with Gasteiger partial charge in [0, 0.05) is 13.0 Å². The average molecular weight is 724 g/mol. The molecule has 0 aliphatic heterocycles. The van der Waals surface area contributed by atoms with E-state index in [4.69, 9.17) is 18.5 Å². The van der Waals surface area contributed by atoms with Crippen LogP contribution in [0.2, 0.25) is 0 Å². The SMILES string of the molecule is CC/C=C\C/C=C\C/C=C\C/C=C\C/C=C\CCCCCCCCCCCCOCC(COP(=O)([O-])OCC[N+](C)(C)C)OC(=O)CCCC. The highest BCUT2D eigenvalue weighted by atomic mass is 31.2. The molecule has 0 fully saturated rings. The highest BCUT2D eigenvalue weighted by molar-refractivity contribution is 7.45. The lowest BCUT2D eigenvalue weighted by molar-refractivity contribution is -0.870. The minimum Gasteiger partial charge on any atom is -0.756 e. The highest BCUT2D eigenvalue weighted by Crippen LogP contribution is 2.38. The van der Waals surface area contributed by atoms with E-state index in [2.05, 4.69) is 67.7 Å². The van der Waals surface area contributed by atoms with Crippen LogP contribution >= 0.6 is 7.82 Å². The average Bonchev–Trinajstić information content (AvgIpc) is 3.06. The van der Waals surface area contributed by atoms with Gasteiger partial charge in [0.2, 0.25) is 0 Å². The number of likely N-dealkylation sites (N-methyl/N-ethyl adjacent to an activating group) is 1. The zero-order valence-corrected chi connectivity index (χ0v) is 33.5. The van der Waals surface area contributed by atoms with E-state index in [0.29, 0.717) is 24.1 Å². The Labute approximate surface area is 307 Å². The summed E-state index contributed by atoms with van der Waals surface area (Å²) in [5.41, 5.74) is 0. The van der Waals surface area contributed by atoms with Gasteiger partial charge in [-0.1, -0.05) is 132 Å². The van der Waals surface area contributed by atoms with Gasteiger partial charge in [0.05, 0.1) is 34.4 Å². The van der Waals surface area contributed by atoms with Crippen LogP contribution in [0.3, 0.4) is 0 Å². The molecule has 0 aliphatic carbocycles. The summed E-state index contributed by atoms with van der Waals surface area (Å²) < 4.78 is 33.9. The summed E-state index contributed by atoms with van der Waals surface area (Å²) in [6.07, 6.45) is 42.1. The third-order valence-corrected chi connectivity index (χ3v) is 8.80. The van der Waals surface area contributed by atoms with E-state index < -0.39 is 13.9 Å². The van der Waals surface area contributed by atoms with Crippen molar-refractivity contribution in [3.05, 3.63) is 60.8 Å². The number of ether oxygens (including phenoxy) is 2. The number of hydrogen-bond acceptors (Lipinski definition) is 7. The second kappa shape index (κ2) is 34.3. The Morgan fingerprint density at radius 2 is 1.14 bits per heavy atom. The highest BCUT2D eigenvalue weighted by Gasteiger charge is 2.20. The van der Waals surface area contributed by atoms with E-state index in [1.807, 2.05) is 28.1 Å². The van der Waals surface area contributed by atoms with Crippen molar-refractivity contribution < 1.29 is 37.3 Å². The fourth-order valence-corrected chi connectivity index (χ4v) is 5.51. The molecule has 0 saturated heterocycles. The molecule has 290 valence electrons. The number of carbonyl (C=O) groups excluding carboxylic acids is 1. The first-order valence-corrected chi connectivity index (χ1v) is 21.0. The van der Waals surface area contributed by atoms with E-state index in [-0.39, 0.29) is 32.2 Å². The first-order chi connectivity index (χ1) is 24.1. The number of unbranched alkanes of at least 4 members (excludes halogenated alkanes) is 11. The minimum atomic E-state index is -4.50. The second-order valence-electron chi connectivity index (χ2n) is 13.9. The largest absolute Gasteiger partial charge is 0.756 e. The fourth-order valence-electron chi connectivity index (χ4n) is 4.78. The molecule has 0 N–H and O–H groups in total. The van der Waals surface area contributed by atoms with Crippen LogP contribution in [0.4, 0.5) is 0 Å². The van der Waals surface area contributed by atoms with Crippen molar-refractivity contribution in [2.24, 2.45) is 0 Å². The van der Waals surface area contributed by atoms with Crippen LogP contribution in [0.15, 0.2) is 60.8 Å². The molecule has 0 aromatic heterocycles. The van der Waals surface area contributed by atoms with Crippen molar-refractivity contribution in [3.8, 4) is 0 Å². The van der Waals surface area contributed by atoms with Gasteiger partial charge in [0.1, 0.15) is 19.3 Å². The van der Waals surface area contributed by atoms with Crippen LogP contribution in [0.5, 0.6) is 0 Å². The topological polar surface area (TPSA) is 94.1 Å². The van der Waals surface area contributed by atoms with Crippen molar-refractivity contribution in [3.63, 3.8) is 0 Å². The molecule has 2 unspecified atom stereocenters. The Balaban J connectivity index is 3.84. The summed E-state index contributed by atoms with van der Waals surface area (Å²) in [6.45, 7) is 5.01. The van der Waals surface area contributed by atoms with Gasteiger partial charge in [0.15, 0.2) is 0 Å². The Hall–Kier alpha value is -1.80. The van der Waals surface area contributed by atoms with Gasteiger partial charge < -0.3 is 27.9 Å². The first kappa shape index (κ1) is 48.2. The third-order valence-electron chi connectivity index (χ3n) is 7.83. The molecule has 9 heteroatoms. The molecule has 0 saturated carbocycles. The zero-order valence-electron chi connectivity index (χ0n) is 32.6. The van der Waals surface area contributed by atoms with Gasteiger partial charge in [-0.15, -0.1) is 0 Å². The summed E-state index contributed by atoms with van der Waals surface area (Å²) in [5, 5.41) is 0. The van der Waals surface area contributed by atoms with E-state index in [9.17, 15) is 14.3 Å². The summed E-state index contributed by atoms with van der Waals surface area (Å²) in [5.74, 6) is -0.374. The molecule has 0 aromatic carbocycles. The van der Waals surface area contributed by atoms with Gasteiger partial charge in [-0.2, -0.15) is 0 Å². The maximum absolute atomic E-state index is 12.2. The number of quaternary nitrogens is 1. The Bertz CT molecular complexity index is 984. The Morgan fingerprint density at radius 1 is 0.640 bits per heavy atom. The van der Waals surface area contributed by atoms with E-state index in [1.54, 1.807) is 0 Å². The van der Waals surface area contributed by atoms with Crippen LogP contribution in [0.25, 0.3) is 0 Å². The maximum atomic E-state index is 12.2. The van der Waals surface area contributed by atoms with E-state index >= 15 is 0 Å². The predicted molar refractivity (Wildman–Crippen MR) is 208 cm³/mol. The number of nitrogens with zero attached hydrogens (tertiary/aromatic N) is 1. The molecule has 0 radical (unpaired) electrons. The maximum Gasteiger partial charge on any atom is 0.306 e. The van der Waals surface area contributed by atoms with Crippen molar-refractivity contribution >= 4 is 13.8 Å². The van der Waals surface area contributed by atoms with Crippen LogP contribution < -0.4 is 4.89 Å². The van der Waals surface area contributed by atoms with Gasteiger partial charge in [0.25, 0.3) is 7.82 Å². The molecular weight excluding hydrogens is 649 g/mol. The smallest absolute Gasteiger partial charge is 0.306 e. The summed E-state index contributed by atoms with van der Waals surface area (Å²) in [6, 6.07) is 0. The standard InChI is InChI=1S/C41H74NO7P/c1-6-8-10-11-12-13-14-15-16-17-18-19-20-21-22-23-24-25-26-27-28-29-30-31-32-33-36-46-38-40(49-41(43)34-9-7-2)39-48-50(44,45)47-37-35-42(3,4)5/h8,10,12-13,15-16,18-19,21-22,40H,6-7,9,11,14,17,20,23-39H2,1-5H3/b10-8-,13-12-,16-15-,19-18-,22-21-. The van der Waals surface area contributed by atoms with Gasteiger partial charge in [-0.05, 0) is 57.8 Å². The summed E-state index contributed by atoms with van der Waals surface area (Å²) in [4.78, 5) is 24.3. The van der Waals surface area contributed by atoms with Gasteiger partial charge in [-0.25, -0.2) is 0 Å². The lowest BCUT2D eigenvalue weighted by Crippen LogP contribution is -2.37. The number of phosphoric ester groups is 1. The van der Waals surface area contributed by atoms with Crippen molar-refractivity contribution in [1.82, 2.24) is 0 Å². The molecule has 0 aliphatic rings.